The number of nitriles is 1. The van der Waals surface area contributed by atoms with Crippen molar-refractivity contribution in [2.45, 2.75) is 25.2 Å². The van der Waals surface area contributed by atoms with Gasteiger partial charge in [-0.05, 0) is 52.4 Å². The molecule has 0 spiro atoms. The third-order valence-electron chi connectivity index (χ3n) is 4.23. The van der Waals surface area contributed by atoms with Gasteiger partial charge in [0.05, 0.1) is 24.5 Å². The van der Waals surface area contributed by atoms with Gasteiger partial charge in [0.2, 0.25) is 0 Å². The van der Waals surface area contributed by atoms with E-state index in [2.05, 4.69) is 22.0 Å². The van der Waals surface area contributed by atoms with Crippen LogP contribution in [0.1, 0.15) is 36.3 Å². The Morgan fingerprint density at radius 2 is 2.14 bits per heavy atom. The first kappa shape index (κ1) is 16.5. The fourth-order valence-electron chi connectivity index (χ4n) is 3.17. The number of esters is 1. The predicted octanol–water partition coefficient (Wildman–Crippen LogP) is 3.08. The van der Waals surface area contributed by atoms with Gasteiger partial charge in [0, 0.05) is 4.47 Å². The van der Waals surface area contributed by atoms with E-state index >= 15 is 0 Å². The zero-order chi connectivity index (χ0) is 16.3. The number of benzene rings is 1. The maximum atomic E-state index is 12.1. The minimum Gasteiger partial charge on any atom is -0.481 e. The smallest absolute Gasteiger partial charge is 0.310 e. The van der Waals surface area contributed by atoms with Gasteiger partial charge < -0.3 is 9.84 Å². The van der Waals surface area contributed by atoms with Gasteiger partial charge in [-0.15, -0.1) is 0 Å². The number of halogens is 1. The van der Waals surface area contributed by atoms with Crippen LogP contribution in [0.4, 0.5) is 0 Å². The summed E-state index contributed by atoms with van der Waals surface area (Å²) < 4.78 is 5.51. The number of aliphatic carboxylic acids is 1. The van der Waals surface area contributed by atoms with E-state index in [0.717, 1.165) is 12.0 Å². The second-order valence-electron chi connectivity index (χ2n) is 5.38. The molecule has 3 atom stereocenters. The molecule has 0 unspecified atom stereocenters. The minimum atomic E-state index is -0.974. The summed E-state index contributed by atoms with van der Waals surface area (Å²) in [5.41, 5.74) is 1.28. The lowest BCUT2D eigenvalue weighted by Crippen LogP contribution is -2.38. The molecule has 1 saturated carbocycles. The largest absolute Gasteiger partial charge is 0.481 e. The van der Waals surface area contributed by atoms with Gasteiger partial charge in [0.1, 0.15) is 6.07 Å². The first-order chi connectivity index (χ1) is 10.5. The first-order valence-corrected chi connectivity index (χ1v) is 7.79. The molecule has 0 aliphatic heterocycles. The fourth-order valence-corrected chi connectivity index (χ4v) is 3.51. The molecule has 0 heterocycles. The molecule has 116 valence electrons. The van der Waals surface area contributed by atoms with Crippen molar-refractivity contribution in [3.8, 4) is 6.07 Å². The number of carbonyl (C=O) groups excluding carboxylic acids is 1. The molecule has 6 heteroatoms. The van der Waals surface area contributed by atoms with Gasteiger partial charge in [-0.1, -0.05) is 12.5 Å². The molecule has 1 aromatic rings. The predicted molar refractivity (Wildman–Crippen MR) is 82.1 cm³/mol. The van der Waals surface area contributed by atoms with E-state index in [9.17, 15) is 14.7 Å². The van der Waals surface area contributed by atoms with Gasteiger partial charge >= 0.3 is 11.9 Å². The molecular weight excluding hydrogens is 350 g/mol. The van der Waals surface area contributed by atoms with Crippen molar-refractivity contribution in [1.82, 2.24) is 0 Å². The third-order valence-corrected chi connectivity index (χ3v) is 4.92. The molecule has 0 aromatic heterocycles. The van der Waals surface area contributed by atoms with Crippen LogP contribution < -0.4 is 0 Å². The molecule has 1 aromatic carbocycles. The van der Waals surface area contributed by atoms with E-state index in [1.54, 1.807) is 12.1 Å². The monoisotopic (exact) mass is 365 g/mol. The third kappa shape index (κ3) is 3.14. The Bertz CT molecular complexity index is 638. The van der Waals surface area contributed by atoms with Crippen molar-refractivity contribution in [1.29, 1.82) is 5.26 Å². The van der Waals surface area contributed by atoms with Crippen LogP contribution in [0, 0.1) is 23.2 Å². The normalized spacial score (nSPS) is 24.3. The van der Waals surface area contributed by atoms with Crippen molar-refractivity contribution in [3.63, 3.8) is 0 Å². The summed E-state index contributed by atoms with van der Waals surface area (Å²) in [6.07, 6.45) is 1.90. The molecule has 22 heavy (non-hydrogen) atoms. The zero-order valence-electron chi connectivity index (χ0n) is 12.1. The number of ether oxygens (including phenoxy) is 1. The van der Waals surface area contributed by atoms with Crippen LogP contribution in [0.5, 0.6) is 0 Å². The number of hydrogen-bond acceptors (Lipinski definition) is 4. The summed E-state index contributed by atoms with van der Waals surface area (Å²) in [6, 6.07) is 7.39. The van der Waals surface area contributed by atoms with Crippen molar-refractivity contribution in [3.05, 3.63) is 33.8 Å². The Hall–Kier alpha value is -1.87. The second-order valence-corrected chi connectivity index (χ2v) is 6.24. The Kier molecular flexibility index (Phi) is 5.19. The van der Waals surface area contributed by atoms with Crippen molar-refractivity contribution in [2.75, 3.05) is 7.11 Å². The van der Waals surface area contributed by atoms with Crippen LogP contribution in [0.25, 0.3) is 0 Å². The zero-order valence-corrected chi connectivity index (χ0v) is 13.7. The van der Waals surface area contributed by atoms with Crippen LogP contribution in [0.2, 0.25) is 0 Å². The lowest BCUT2D eigenvalue weighted by molar-refractivity contribution is -0.158. The van der Waals surface area contributed by atoms with Crippen LogP contribution in [-0.4, -0.2) is 24.2 Å². The first-order valence-electron chi connectivity index (χ1n) is 6.99. The van der Waals surface area contributed by atoms with Gasteiger partial charge in [-0.2, -0.15) is 5.26 Å². The lowest BCUT2D eigenvalue weighted by Gasteiger charge is -2.34. The highest BCUT2D eigenvalue weighted by molar-refractivity contribution is 9.10. The highest BCUT2D eigenvalue weighted by Crippen LogP contribution is 2.42. The average Bonchev–Trinajstić information content (AvgIpc) is 2.53. The molecule has 5 nitrogen and oxygen atoms in total. The summed E-state index contributed by atoms with van der Waals surface area (Å²) in [6.45, 7) is 0. The second kappa shape index (κ2) is 6.93. The fraction of sp³-hybridized carbons (Fsp3) is 0.438. The van der Waals surface area contributed by atoms with Gasteiger partial charge in [0.15, 0.2) is 0 Å². The number of carboxylic acids is 1. The molecule has 1 fully saturated rings. The molecule has 1 aliphatic carbocycles. The van der Waals surface area contributed by atoms with Gasteiger partial charge in [0.25, 0.3) is 0 Å². The SMILES string of the molecule is COC(=O)[C@@H]1[C@@H](c2ccc(Br)c(C#N)c2)CCC[C@H]1C(=O)O. The van der Waals surface area contributed by atoms with E-state index in [0.29, 0.717) is 22.9 Å². The maximum Gasteiger partial charge on any atom is 0.310 e. The van der Waals surface area contributed by atoms with Gasteiger partial charge in [-0.25, -0.2) is 0 Å². The molecule has 1 N–H and O–H groups in total. The van der Waals surface area contributed by atoms with Crippen LogP contribution in [-0.2, 0) is 14.3 Å². The van der Waals surface area contributed by atoms with E-state index < -0.39 is 23.8 Å². The van der Waals surface area contributed by atoms with Crippen molar-refractivity contribution in [2.24, 2.45) is 11.8 Å². The molecule has 2 rings (SSSR count). The number of methoxy groups -OCH3 is 1. The standard InChI is InChI=1S/C16H16BrNO4/c1-22-16(21)14-11(3-2-4-12(14)15(19)20)9-5-6-13(17)10(7-9)8-18/h5-7,11-12,14H,2-4H2,1H3,(H,19,20)/t11-,12-,14-/m1/s1. The average molecular weight is 366 g/mol. The number of rotatable bonds is 3. The quantitative estimate of drug-likeness (QED) is 0.831. The Balaban J connectivity index is 2.44. The summed E-state index contributed by atoms with van der Waals surface area (Å²) in [5.74, 6) is -3.19. The Morgan fingerprint density at radius 1 is 1.41 bits per heavy atom. The molecule has 0 radical (unpaired) electrons. The van der Waals surface area contributed by atoms with Crippen LogP contribution in [0.3, 0.4) is 0 Å². The Morgan fingerprint density at radius 3 is 2.73 bits per heavy atom. The summed E-state index contributed by atoms with van der Waals surface area (Å²) in [7, 11) is 1.27. The number of nitrogens with zero attached hydrogens (tertiary/aromatic N) is 1. The maximum absolute atomic E-state index is 12.1. The molecule has 1 aliphatic rings. The summed E-state index contributed by atoms with van der Waals surface area (Å²) in [4.78, 5) is 23.6. The van der Waals surface area contributed by atoms with Crippen molar-refractivity contribution >= 4 is 27.9 Å². The van der Waals surface area contributed by atoms with E-state index in [4.69, 9.17) is 10.00 Å². The highest BCUT2D eigenvalue weighted by atomic mass is 79.9. The van der Waals surface area contributed by atoms with E-state index in [-0.39, 0.29) is 5.92 Å². The summed E-state index contributed by atoms with van der Waals surface area (Å²) in [5, 5.41) is 18.5. The van der Waals surface area contributed by atoms with Crippen LogP contribution in [0.15, 0.2) is 22.7 Å². The lowest BCUT2D eigenvalue weighted by atomic mass is 9.69. The highest BCUT2D eigenvalue weighted by Gasteiger charge is 2.43. The van der Waals surface area contributed by atoms with Crippen molar-refractivity contribution < 1.29 is 19.4 Å². The molecular formula is C16H16BrNO4. The molecule has 0 bridgehead atoms. The van der Waals surface area contributed by atoms with E-state index in [1.807, 2.05) is 6.07 Å². The van der Waals surface area contributed by atoms with E-state index in [1.165, 1.54) is 7.11 Å². The number of hydrogen-bond donors (Lipinski definition) is 1. The molecule has 0 saturated heterocycles. The minimum absolute atomic E-state index is 0.248. The number of carbonyl (C=O) groups is 2. The summed E-state index contributed by atoms with van der Waals surface area (Å²) >= 11 is 3.30. The molecule has 0 amide bonds. The van der Waals surface area contributed by atoms with Crippen LogP contribution >= 0.6 is 15.9 Å². The topological polar surface area (TPSA) is 87.4 Å². The Labute approximate surface area is 137 Å². The number of carboxylic acid groups (broad SMARTS) is 1. The van der Waals surface area contributed by atoms with Gasteiger partial charge in [-0.3, -0.25) is 9.59 Å².